The molecule has 0 saturated carbocycles. The molecular formula is C26H31N3O3S. The summed E-state index contributed by atoms with van der Waals surface area (Å²) in [5.41, 5.74) is 3.21. The summed E-state index contributed by atoms with van der Waals surface area (Å²) in [7, 11) is -0.608. The molecule has 0 bridgehead atoms. The van der Waals surface area contributed by atoms with Crippen molar-refractivity contribution >= 4 is 26.7 Å². The van der Waals surface area contributed by atoms with E-state index in [1.165, 1.54) is 40.8 Å². The first-order valence-corrected chi connectivity index (χ1v) is 12.6. The van der Waals surface area contributed by atoms with Crippen molar-refractivity contribution in [3.05, 3.63) is 76.9 Å². The van der Waals surface area contributed by atoms with E-state index in [9.17, 15) is 13.2 Å². The molecule has 0 aromatic heterocycles. The lowest BCUT2D eigenvalue weighted by molar-refractivity contribution is 0.0628. The van der Waals surface area contributed by atoms with Gasteiger partial charge in [-0.05, 0) is 53.4 Å². The summed E-state index contributed by atoms with van der Waals surface area (Å²) in [4.78, 5) is 17.6. The highest BCUT2D eigenvalue weighted by atomic mass is 32.2. The number of sulfonamides is 1. The number of carbonyl (C=O) groups is 1. The van der Waals surface area contributed by atoms with E-state index in [1.807, 2.05) is 11.8 Å². The minimum Gasteiger partial charge on any atom is -0.336 e. The standard InChI is InChI=1S/C26H31N3O3S/c1-19-16-23(17-25(20(19)2)33(31,32)27(3)4)26(30)29-14-12-28(13-15-29)18-22-10-7-9-21-8-5-6-11-24(21)22/h5-11,16-17H,12-15,18H2,1-4H3. The molecule has 1 aliphatic heterocycles. The number of piperazine rings is 1. The van der Waals surface area contributed by atoms with Gasteiger partial charge >= 0.3 is 0 Å². The molecule has 33 heavy (non-hydrogen) atoms. The smallest absolute Gasteiger partial charge is 0.253 e. The third-order valence-corrected chi connectivity index (χ3v) is 8.50. The van der Waals surface area contributed by atoms with E-state index in [0.717, 1.165) is 25.2 Å². The van der Waals surface area contributed by atoms with Gasteiger partial charge in [-0.3, -0.25) is 9.69 Å². The molecule has 0 aliphatic carbocycles. The number of hydrogen-bond acceptors (Lipinski definition) is 4. The number of rotatable bonds is 5. The number of benzene rings is 3. The van der Waals surface area contributed by atoms with Crippen molar-refractivity contribution in [2.75, 3.05) is 40.3 Å². The SMILES string of the molecule is Cc1cc(C(=O)N2CCN(Cc3cccc4ccccc34)CC2)cc(S(=O)(=O)N(C)C)c1C. The highest BCUT2D eigenvalue weighted by molar-refractivity contribution is 7.89. The Morgan fingerprint density at radius 2 is 1.61 bits per heavy atom. The largest absolute Gasteiger partial charge is 0.336 e. The van der Waals surface area contributed by atoms with Gasteiger partial charge in [0.1, 0.15) is 0 Å². The van der Waals surface area contributed by atoms with Gasteiger partial charge in [-0.1, -0.05) is 42.5 Å². The lowest BCUT2D eigenvalue weighted by Crippen LogP contribution is -2.48. The quantitative estimate of drug-likeness (QED) is 0.577. The van der Waals surface area contributed by atoms with Crippen LogP contribution < -0.4 is 0 Å². The van der Waals surface area contributed by atoms with Gasteiger partial charge in [-0.15, -0.1) is 0 Å². The van der Waals surface area contributed by atoms with Crippen molar-refractivity contribution in [1.82, 2.24) is 14.1 Å². The molecule has 1 heterocycles. The van der Waals surface area contributed by atoms with Crippen molar-refractivity contribution in [3.8, 4) is 0 Å². The number of carbonyl (C=O) groups excluding carboxylic acids is 1. The topological polar surface area (TPSA) is 60.9 Å². The molecule has 1 aliphatic rings. The molecule has 6 nitrogen and oxygen atoms in total. The molecule has 0 N–H and O–H groups in total. The first-order chi connectivity index (χ1) is 15.7. The highest BCUT2D eigenvalue weighted by Gasteiger charge is 2.26. The molecule has 1 fully saturated rings. The van der Waals surface area contributed by atoms with Crippen LogP contribution >= 0.6 is 0 Å². The number of hydrogen-bond donors (Lipinski definition) is 0. The van der Waals surface area contributed by atoms with E-state index < -0.39 is 10.0 Å². The van der Waals surface area contributed by atoms with E-state index in [2.05, 4.69) is 47.4 Å². The van der Waals surface area contributed by atoms with Gasteiger partial charge in [0.25, 0.3) is 5.91 Å². The minimum atomic E-state index is -3.62. The Kier molecular flexibility index (Phi) is 6.56. The predicted octanol–water partition coefficient (Wildman–Crippen LogP) is 3.66. The van der Waals surface area contributed by atoms with Gasteiger partial charge in [0.15, 0.2) is 0 Å². The summed E-state index contributed by atoms with van der Waals surface area (Å²) in [6, 6.07) is 18.1. The van der Waals surface area contributed by atoms with Crippen molar-refractivity contribution in [2.24, 2.45) is 0 Å². The summed E-state index contributed by atoms with van der Waals surface area (Å²) in [5, 5.41) is 2.50. The molecule has 0 atom stereocenters. The fraction of sp³-hybridized carbons (Fsp3) is 0.346. The van der Waals surface area contributed by atoms with Gasteiger partial charge in [-0.25, -0.2) is 12.7 Å². The van der Waals surface area contributed by atoms with E-state index in [0.29, 0.717) is 24.2 Å². The van der Waals surface area contributed by atoms with Crippen LogP contribution in [0.4, 0.5) is 0 Å². The molecule has 1 saturated heterocycles. The second-order valence-electron chi connectivity index (χ2n) is 8.91. The van der Waals surface area contributed by atoms with Crippen LogP contribution in [0.3, 0.4) is 0 Å². The molecule has 3 aromatic carbocycles. The van der Waals surface area contributed by atoms with Gasteiger partial charge in [0, 0.05) is 52.4 Å². The third-order valence-electron chi connectivity index (χ3n) is 6.56. The summed E-state index contributed by atoms with van der Waals surface area (Å²) < 4.78 is 26.7. The van der Waals surface area contributed by atoms with Gasteiger partial charge in [-0.2, -0.15) is 0 Å². The number of aryl methyl sites for hydroxylation is 1. The summed E-state index contributed by atoms with van der Waals surface area (Å²) >= 11 is 0. The summed E-state index contributed by atoms with van der Waals surface area (Å²) in [6.45, 7) is 7.27. The Morgan fingerprint density at radius 3 is 2.30 bits per heavy atom. The monoisotopic (exact) mass is 465 g/mol. The van der Waals surface area contributed by atoms with Gasteiger partial charge in [0.05, 0.1) is 4.90 Å². The molecule has 7 heteroatoms. The number of fused-ring (bicyclic) bond motifs is 1. The average molecular weight is 466 g/mol. The predicted molar refractivity (Wildman–Crippen MR) is 132 cm³/mol. The van der Waals surface area contributed by atoms with Gasteiger partial charge in [0.2, 0.25) is 10.0 Å². The van der Waals surface area contributed by atoms with Crippen LogP contribution in [0.15, 0.2) is 59.5 Å². The molecule has 1 amide bonds. The normalized spacial score (nSPS) is 15.4. The molecule has 0 unspecified atom stereocenters. The second-order valence-corrected chi connectivity index (χ2v) is 11.0. The lowest BCUT2D eigenvalue weighted by atomic mass is 10.0. The van der Waals surface area contributed by atoms with E-state index in [4.69, 9.17) is 0 Å². The lowest BCUT2D eigenvalue weighted by Gasteiger charge is -2.35. The van der Waals surface area contributed by atoms with Crippen LogP contribution in [0, 0.1) is 13.8 Å². The van der Waals surface area contributed by atoms with Crippen LogP contribution in [0.25, 0.3) is 10.8 Å². The zero-order valence-electron chi connectivity index (χ0n) is 19.7. The van der Waals surface area contributed by atoms with Crippen LogP contribution in [-0.4, -0.2) is 68.7 Å². The first kappa shape index (κ1) is 23.4. The van der Waals surface area contributed by atoms with E-state index >= 15 is 0 Å². The fourth-order valence-corrected chi connectivity index (χ4v) is 5.60. The van der Waals surface area contributed by atoms with Gasteiger partial charge < -0.3 is 4.90 Å². The van der Waals surface area contributed by atoms with Crippen molar-refractivity contribution in [3.63, 3.8) is 0 Å². The molecular weight excluding hydrogens is 434 g/mol. The number of amides is 1. The van der Waals surface area contributed by atoms with E-state index in [1.54, 1.807) is 13.0 Å². The maximum atomic E-state index is 13.3. The third kappa shape index (κ3) is 4.67. The second kappa shape index (κ2) is 9.25. The van der Waals surface area contributed by atoms with Crippen LogP contribution in [0.5, 0.6) is 0 Å². The van der Waals surface area contributed by atoms with Crippen LogP contribution in [0.1, 0.15) is 27.0 Å². The molecule has 0 spiro atoms. The van der Waals surface area contributed by atoms with Crippen LogP contribution in [-0.2, 0) is 16.6 Å². The molecule has 3 aromatic rings. The van der Waals surface area contributed by atoms with Crippen molar-refractivity contribution < 1.29 is 13.2 Å². The van der Waals surface area contributed by atoms with Crippen LogP contribution in [0.2, 0.25) is 0 Å². The Hall–Kier alpha value is -2.74. The summed E-state index contributed by atoms with van der Waals surface area (Å²) in [5.74, 6) is -0.113. The minimum absolute atomic E-state index is 0.113. The molecule has 174 valence electrons. The maximum absolute atomic E-state index is 13.3. The Labute approximate surface area is 196 Å². The Balaban J connectivity index is 1.48. The zero-order chi connectivity index (χ0) is 23.8. The van der Waals surface area contributed by atoms with Crippen molar-refractivity contribution in [2.45, 2.75) is 25.3 Å². The fourth-order valence-electron chi connectivity index (χ4n) is 4.38. The highest BCUT2D eigenvalue weighted by Crippen LogP contribution is 2.25. The Morgan fingerprint density at radius 1 is 0.939 bits per heavy atom. The number of nitrogens with zero attached hydrogens (tertiary/aromatic N) is 3. The van der Waals surface area contributed by atoms with Crippen molar-refractivity contribution in [1.29, 1.82) is 0 Å². The summed E-state index contributed by atoms with van der Waals surface area (Å²) in [6.07, 6.45) is 0. The zero-order valence-corrected chi connectivity index (χ0v) is 20.5. The average Bonchev–Trinajstić information content (AvgIpc) is 2.81. The molecule has 0 radical (unpaired) electrons. The maximum Gasteiger partial charge on any atom is 0.253 e. The Bertz CT molecular complexity index is 1290. The van der Waals surface area contributed by atoms with E-state index in [-0.39, 0.29) is 10.8 Å². The molecule has 4 rings (SSSR count). The first-order valence-electron chi connectivity index (χ1n) is 11.2.